The predicted molar refractivity (Wildman–Crippen MR) is 75.7 cm³/mol. The number of amides is 3. The van der Waals surface area contributed by atoms with Crippen LogP contribution in [0.1, 0.15) is 33.1 Å². The van der Waals surface area contributed by atoms with Crippen LogP contribution in [0.2, 0.25) is 0 Å². The van der Waals surface area contributed by atoms with Crippen molar-refractivity contribution >= 4 is 17.9 Å². The summed E-state index contributed by atoms with van der Waals surface area (Å²) in [6, 6.07) is -0.312. The molecule has 0 spiro atoms. The number of aliphatic carboxylic acids is 1. The molecule has 2 rings (SSSR count). The molecule has 0 aliphatic carbocycles. The van der Waals surface area contributed by atoms with Crippen LogP contribution in [0.5, 0.6) is 0 Å². The van der Waals surface area contributed by atoms with Crippen molar-refractivity contribution in [3.63, 3.8) is 0 Å². The minimum absolute atomic E-state index is 0.0531. The molecule has 0 aromatic rings. The predicted octanol–water partition coefficient (Wildman–Crippen LogP) is 0.502. The van der Waals surface area contributed by atoms with Gasteiger partial charge in [0.05, 0.1) is 12.0 Å². The molecule has 3 amide bonds. The maximum Gasteiger partial charge on any atom is 0.317 e. The first-order chi connectivity index (χ1) is 9.88. The van der Waals surface area contributed by atoms with Gasteiger partial charge in [-0.3, -0.25) is 9.59 Å². The summed E-state index contributed by atoms with van der Waals surface area (Å²) in [6.07, 6.45) is 1.63. The summed E-state index contributed by atoms with van der Waals surface area (Å²) in [5.41, 5.74) is 0. The highest BCUT2D eigenvalue weighted by Crippen LogP contribution is 2.18. The number of carbonyl (C=O) groups excluding carboxylic acids is 2. The first-order valence-corrected chi connectivity index (χ1v) is 7.46. The third-order valence-electron chi connectivity index (χ3n) is 4.17. The molecule has 2 atom stereocenters. The third kappa shape index (κ3) is 3.65. The normalized spacial score (nSPS) is 26.3. The first kappa shape index (κ1) is 15.6. The van der Waals surface area contributed by atoms with E-state index in [1.54, 1.807) is 9.80 Å². The van der Waals surface area contributed by atoms with Gasteiger partial charge in [-0.05, 0) is 26.7 Å². The zero-order valence-corrected chi connectivity index (χ0v) is 12.5. The van der Waals surface area contributed by atoms with Crippen molar-refractivity contribution in [3.05, 3.63) is 0 Å². The van der Waals surface area contributed by atoms with E-state index in [-0.39, 0.29) is 30.6 Å². The molecule has 0 aromatic heterocycles. The van der Waals surface area contributed by atoms with E-state index in [1.165, 1.54) is 0 Å². The van der Waals surface area contributed by atoms with Gasteiger partial charge in [0.25, 0.3) is 0 Å². The fraction of sp³-hybridized carbons (Fsp3) is 0.786. The van der Waals surface area contributed by atoms with Crippen LogP contribution < -0.4 is 5.32 Å². The molecule has 21 heavy (non-hydrogen) atoms. The SMILES string of the molecule is CC(C)N1CC(NC(=O)N2CCCC(C(=O)O)C2)CC1=O. The number of rotatable bonds is 3. The maximum absolute atomic E-state index is 12.2. The molecule has 0 aromatic carbocycles. The van der Waals surface area contributed by atoms with Crippen LogP contribution in [0.15, 0.2) is 0 Å². The number of hydrogen-bond acceptors (Lipinski definition) is 3. The van der Waals surface area contributed by atoms with Crippen molar-refractivity contribution in [3.8, 4) is 0 Å². The van der Waals surface area contributed by atoms with Gasteiger partial charge in [-0.2, -0.15) is 0 Å². The Bertz CT molecular complexity index is 438. The standard InChI is InChI=1S/C14H23N3O4/c1-9(2)17-8-11(6-12(17)18)15-14(21)16-5-3-4-10(7-16)13(19)20/h9-11H,3-8H2,1-2H3,(H,15,21)(H,19,20). The summed E-state index contributed by atoms with van der Waals surface area (Å²) >= 11 is 0. The Morgan fingerprint density at radius 2 is 2.05 bits per heavy atom. The highest BCUT2D eigenvalue weighted by Gasteiger charge is 2.34. The molecule has 2 N–H and O–H groups in total. The Balaban J connectivity index is 1.87. The number of carbonyl (C=O) groups is 3. The van der Waals surface area contributed by atoms with E-state index in [1.807, 2.05) is 13.8 Å². The second kappa shape index (κ2) is 6.32. The van der Waals surface area contributed by atoms with Crippen molar-refractivity contribution in [2.75, 3.05) is 19.6 Å². The van der Waals surface area contributed by atoms with Gasteiger partial charge in [0.2, 0.25) is 5.91 Å². The van der Waals surface area contributed by atoms with Gasteiger partial charge in [-0.25, -0.2) is 4.79 Å². The van der Waals surface area contributed by atoms with E-state index in [9.17, 15) is 14.4 Å². The van der Waals surface area contributed by atoms with Crippen molar-refractivity contribution in [1.29, 1.82) is 0 Å². The Morgan fingerprint density at radius 1 is 1.33 bits per heavy atom. The van der Waals surface area contributed by atoms with Crippen LogP contribution in [0.25, 0.3) is 0 Å². The summed E-state index contributed by atoms with van der Waals surface area (Å²) in [6.45, 7) is 5.24. The topological polar surface area (TPSA) is 90.0 Å². The van der Waals surface area contributed by atoms with E-state index >= 15 is 0 Å². The molecule has 0 bridgehead atoms. The number of likely N-dealkylation sites (tertiary alicyclic amines) is 2. The summed E-state index contributed by atoms with van der Waals surface area (Å²) < 4.78 is 0. The summed E-state index contributed by atoms with van der Waals surface area (Å²) in [5.74, 6) is -1.28. The van der Waals surface area contributed by atoms with Gasteiger partial charge in [0.15, 0.2) is 0 Å². The molecule has 7 heteroatoms. The van der Waals surface area contributed by atoms with E-state index in [0.717, 1.165) is 0 Å². The molecule has 2 saturated heterocycles. The highest BCUT2D eigenvalue weighted by molar-refractivity contribution is 5.82. The Labute approximate surface area is 124 Å². The van der Waals surface area contributed by atoms with E-state index < -0.39 is 11.9 Å². The molecular formula is C14H23N3O4. The van der Waals surface area contributed by atoms with Crippen LogP contribution in [0.3, 0.4) is 0 Å². The molecule has 0 saturated carbocycles. The van der Waals surface area contributed by atoms with Gasteiger partial charge in [-0.15, -0.1) is 0 Å². The van der Waals surface area contributed by atoms with Crippen molar-refractivity contribution < 1.29 is 19.5 Å². The monoisotopic (exact) mass is 297 g/mol. The number of hydrogen-bond donors (Lipinski definition) is 2. The molecule has 2 heterocycles. The number of carboxylic acids is 1. The lowest BCUT2D eigenvalue weighted by Gasteiger charge is -2.31. The number of piperidine rings is 1. The van der Waals surface area contributed by atoms with Crippen LogP contribution in [0, 0.1) is 5.92 Å². The zero-order chi connectivity index (χ0) is 15.6. The van der Waals surface area contributed by atoms with Crippen molar-refractivity contribution in [2.24, 2.45) is 5.92 Å². The van der Waals surface area contributed by atoms with E-state index in [2.05, 4.69) is 5.32 Å². The number of carboxylic acid groups (broad SMARTS) is 1. The van der Waals surface area contributed by atoms with Crippen LogP contribution in [-0.4, -0.2) is 64.5 Å². The van der Waals surface area contributed by atoms with Crippen molar-refractivity contribution in [2.45, 2.75) is 45.2 Å². The molecule has 2 unspecified atom stereocenters. The summed E-state index contributed by atoms with van der Waals surface area (Å²) in [4.78, 5) is 38.3. The maximum atomic E-state index is 12.2. The fourth-order valence-electron chi connectivity index (χ4n) is 2.96. The first-order valence-electron chi connectivity index (χ1n) is 7.46. The lowest BCUT2D eigenvalue weighted by atomic mass is 9.99. The van der Waals surface area contributed by atoms with Gasteiger partial charge in [0, 0.05) is 32.1 Å². The minimum Gasteiger partial charge on any atom is -0.481 e. The van der Waals surface area contributed by atoms with Gasteiger partial charge in [-0.1, -0.05) is 0 Å². The average Bonchev–Trinajstić information content (AvgIpc) is 2.79. The van der Waals surface area contributed by atoms with E-state index in [4.69, 9.17) is 5.11 Å². The molecular weight excluding hydrogens is 274 g/mol. The number of urea groups is 1. The Morgan fingerprint density at radius 3 is 2.62 bits per heavy atom. The quantitative estimate of drug-likeness (QED) is 0.794. The average molecular weight is 297 g/mol. The highest BCUT2D eigenvalue weighted by atomic mass is 16.4. The second-order valence-electron chi connectivity index (χ2n) is 6.11. The number of nitrogens with one attached hydrogen (secondary N) is 1. The fourth-order valence-corrected chi connectivity index (χ4v) is 2.96. The molecule has 0 radical (unpaired) electrons. The Hall–Kier alpha value is -1.79. The molecule has 7 nitrogen and oxygen atoms in total. The minimum atomic E-state index is -0.852. The molecule has 2 aliphatic rings. The molecule has 118 valence electrons. The third-order valence-corrected chi connectivity index (χ3v) is 4.17. The largest absolute Gasteiger partial charge is 0.481 e. The molecule has 2 fully saturated rings. The van der Waals surface area contributed by atoms with Crippen LogP contribution in [0.4, 0.5) is 4.79 Å². The van der Waals surface area contributed by atoms with Gasteiger partial charge in [0.1, 0.15) is 0 Å². The smallest absolute Gasteiger partial charge is 0.317 e. The zero-order valence-electron chi connectivity index (χ0n) is 12.5. The van der Waals surface area contributed by atoms with Gasteiger partial charge >= 0.3 is 12.0 Å². The summed E-state index contributed by atoms with van der Waals surface area (Å²) in [5, 5.41) is 11.9. The van der Waals surface area contributed by atoms with Crippen LogP contribution in [-0.2, 0) is 9.59 Å². The van der Waals surface area contributed by atoms with Crippen molar-refractivity contribution in [1.82, 2.24) is 15.1 Å². The molecule has 2 aliphatic heterocycles. The lowest BCUT2D eigenvalue weighted by Crippen LogP contribution is -2.50. The second-order valence-corrected chi connectivity index (χ2v) is 6.11. The van der Waals surface area contributed by atoms with E-state index in [0.29, 0.717) is 32.4 Å². The summed E-state index contributed by atoms with van der Waals surface area (Å²) in [7, 11) is 0. The van der Waals surface area contributed by atoms with Crippen LogP contribution >= 0.6 is 0 Å². The Kier molecular flexibility index (Phi) is 4.69. The van der Waals surface area contributed by atoms with Gasteiger partial charge < -0.3 is 20.2 Å². The lowest BCUT2D eigenvalue weighted by molar-refractivity contribution is -0.143. The number of nitrogens with zero attached hydrogens (tertiary/aromatic N) is 2.